The normalized spacial score (nSPS) is 16.5. The van der Waals surface area contributed by atoms with Crippen molar-refractivity contribution in [2.75, 3.05) is 46.9 Å². The Bertz CT molecular complexity index is 293. The van der Waals surface area contributed by atoms with Crippen LogP contribution in [0, 0.1) is 0 Å². The highest BCUT2D eigenvalue weighted by Crippen LogP contribution is 2.20. The second-order valence-electron chi connectivity index (χ2n) is 6.13. The summed E-state index contributed by atoms with van der Waals surface area (Å²) in [6, 6.07) is 0.392. The maximum Gasteiger partial charge on any atom is 0.323 e. The number of esters is 1. The van der Waals surface area contributed by atoms with Gasteiger partial charge in [0.2, 0.25) is 0 Å². The first-order chi connectivity index (χ1) is 10.1. The minimum absolute atomic E-state index is 0.0891. The lowest BCUT2D eigenvalue weighted by Gasteiger charge is -2.24. The number of rotatable bonds is 12. The number of ether oxygens (including phenoxy) is 1. The van der Waals surface area contributed by atoms with Crippen LogP contribution < -0.4 is 5.32 Å². The van der Waals surface area contributed by atoms with Gasteiger partial charge in [0.05, 0.1) is 6.61 Å². The summed E-state index contributed by atoms with van der Waals surface area (Å²) in [6.07, 6.45) is 4.39. The zero-order chi connectivity index (χ0) is 15.7. The molecule has 0 aromatic rings. The molecule has 1 rings (SSSR count). The van der Waals surface area contributed by atoms with Crippen LogP contribution in [0.3, 0.4) is 0 Å². The maximum atomic E-state index is 12.0. The number of carbonyl (C=O) groups is 1. The molecule has 1 N–H and O–H groups in total. The van der Waals surface area contributed by atoms with Crippen LogP contribution in [0.15, 0.2) is 0 Å². The van der Waals surface area contributed by atoms with Crippen molar-refractivity contribution in [3.8, 4) is 0 Å². The van der Waals surface area contributed by atoms with Gasteiger partial charge in [-0.25, -0.2) is 0 Å². The van der Waals surface area contributed by atoms with Gasteiger partial charge in [0, 0.05) is 12.6 Å². The molecule has 1 atom stereocenters. The van der Waals surface area contributed by atoms with E-state index in [4.69, 9.17) is 4.74 Å². The molecule has 1 fully saturated rings. The first kappa shape index (κ1) is 18.4. The molecule has 0 bridgehead atoms. The number of hydrogen-bond donors (Lipinski definition) is 1. The molecule has 0 heterocycles. The summed E-state index contributed by atoms with van der Waals surface area (Å²) in [6.45, 7) is 8.70. The van der Waals surface area contributed by atoms with Crippen molar-refractivity contribution in [1.29, 1.82) is 0 Å². The third-order valence-electron chi connectivity index (χ3n) is 3.85. The van der Waals surface area contributed by atoms with Crippen LogP contribution in [0.25, 0.3) is 0 Å². The summed E-state index contributed by atoms with van der Waals surface area (Å²) in [4.78, 5) is 16.6. The zero-order valence-electron chi connectivity index (χ0n) is 14.2. The first-order valence-corrected chi connectivity index (χ1v) is 8.36. The predicted molar refractivity (Wildman–Crippen MR) is 86.5 cm³/mol. The van der Waals surface area contributed by atoms with E-state index >= 15 is 0 Å². The average Bonchev–Trinajstić information content (AvgIpc) is 3.24. The first-order valence-electron chi connectivity index (χ1n) is 8.36. The van der Waals surface area contributed by atoms with Gasteiger partial charge in [0.15, 0.2) is 0 Å². The van der Waals surface area contributed by atoms with Crippen LogP contribution in [-0.4, -0.2) is 74.7 Å². The Hall–Kier alpha value is -0.650. The predicted octanol–water partition coefficient (Wildman–Crippen LogP) is 1.33. The van der Waals surface area contributed by atoms with Crippen molar-refractivity contribution in [1.82, 2.24) is 15.1 Å². The van der Waals surface area contributed by atoms with Crippen LogP contribution in [0.4, 0.5) is 0 Å². The smallest absolute Gasteiger partial charge is 0.323 e. The molecule has 0 aromatic carbocycles. The van der Waals surface area contributed by atoms with Gasteiger partial charge in [-0.3, -0.25) is 4.79 Å². The van der Waals surface area contributed by atoms with E-state index in [1.807, 2.05) is 6.92 Å². The van der Waals surface area contributed by atoms with E-state index in [1.54, 1.807) is 0 Å². The highest BCUT2D eigenvalue weighted by Gasteiger charge is 2.29. The van der Waals surface area contributed by atoms with Crippen LogP contribution in [0.1, 0.15) is 39.5 Å². The Morgan fingerprint density at radius 3 is 2.48 bits per heavy atom. The fraction of sp³-hybridized carbons (Fsp3) is 0.938. The van der Waals surface area contributed by atoms with Gasteiger partial charge in [-0.1, -0.05) is 6.92 Å². The third kappa shape index (κ3) is 8.39. The number of hydrogen-bond acceptors (Lipinski definition) is 5. The minimum Gasteiger partial charge on any atom is -0.465 e. The monoisotopic (exact) mass is 299 g/mol. The van der Waals surface area contributed by atoms with Crippen molar-refractivity contribution >= 4 is 5.97 Å². The molecule has 0 radical (unpaired) electrons. The van der Waals surface area contributed by atoms with Crippen molar-refractivity contribution in [2.24, 2.45) is 0 Å². The highest BCUT2D eigenvalue weighted by molar-refractivity contribution is 5.75. The van der Waals surface area contributed by atoms with E-state index in [-0.39, 0.29) is 12.0 Å². The molecule has 0 aliphatic heterocycles. The maximum absolute atomic E-state index is 12.0. The summed E-state index contributed by atoms with van der Waals surface area (Å²) >= 11 is 0. The lowest BCUT2D eigenvalue weighted by Crippen LogP contribution is -2.42. The molecule has 5 nitrogen and oxygen atoms in total. The number of nitrogens with zero attached hydrogens (tertiary/aromatic N) is 2. The summed E-state index contributed by atoms with van der Waals surface area (Å²) in [5.74, 6) is -0.0891. The number of nitrogens with one attached hydrogen (secondary N) is 1. The second-order valence-corrected chi connectivity index (χ2v) is 6.13. The quantitative estimate of drug-likeness (QED) is 0.551. The molecule has 1 saturated carbocycles. The van der Waals surface area contributed by atoms with Crippen LogP contribution in [0.2, 0.25) is 0 Å². The van der Waals surface area contributed by atoms with Gasteiger partial charge >= 0.3 is 5.97 Å². The fourth-order valence-corrected chi connectivity index (χ4v) is 2.40. The Labute approximate surface area is 130 Å². The van der Waals surface area contributed by atoms with Gasteiger partial charge in [-0.05, 0) is 66.3 Å². The molecule has 1 aliphatic rings. The minimum atomic E-state index is -0.139. The van der Waals surface area contributed by atoms with Gasteiger partial charge < -0.3 is 19.9 Å². The summed E-state index contributed by atoms with van der Waals surface area (Å²) in [5, 5.41) is 3.42. The Morgan fingerprint density at radius 1 is 1.24 bits per heavy atom. The van der Waals surface area contributed by atoms with E-state index in [0.29, 0.717) is 12.6 Å². The van der Waals surface area contributed by atoms with Gasteiger partial charge in [-0.2, -0.15) is 0 Å². The summed E-state index contributed by atoms with van der Waals surface area (Å²) in [7, 11) is 4.21. The van der Waals surface area contributed by atoms with Crippen molar-refractivity contribution in [3.05, 3.63) is 0 Å². The van der Waals surface area contributed by atoms with Crippen LogP contribution in [-0.2, 0) is 9.53 Å². The van der Waals surface area contributed by atoms with Crippen molar-refractivity contribution in [2.45, 2.75) is 51.6 Å². The zero-order valence-corrected chi connectivity index (χ0v) is 14.2. The SMILES string of the molecule is CCOC(=O)C(CCN(CC)CCCN(C)C)NC1CC1. The molecule has 124 valence electrons. The van der Waals surface area contributed by atoms with Gasteiger partial charge in [0.1, 0.15) is 6.04 Å². The molecule has 0 amide bonds. The molecule has 0 aromatic heterocycles. The van der Waals surface area contributed by atoms with Crippen molar-refractivity contribution < 1.29 is 9.53 Å². The molecule has 1 aliphatic carbocycles. The van der Waals surface area contributed by atoms with Crippen molar-refractivity contribution in [3.63, 3.8) is 0 Å². The number of carbonyl (C=O) groups excluding carboxylic acids is 1. The largest absolute Gasteiger partial charge is 0.465 e. The average molecular weight is 299 g/mol. The molecular weight excluding hydrogens is 266 g/mol. The Kier molecular flexibility index (Phi) is 8.88. The fourth-order valence-electron chi connectivity index (χ4n) is 2.40. The van der Waals surface area contributed by atoms with E-state index in [2.05, 4.69) is 36.1 Å². The second kappa shape index (κ2) is 10.1. The Balaban J connectivity index is 2.32. The molecule has 5 heteroatoms. The molecule has 0 saturated heterocycles. The Morgan fingerprint density at radius 2 is 1.95 bits per heavy atom. The lowest BCUT2D eigenvalue weighted by molar-refractivity contribution is -0.146. The van der Waals surface area contributed by atoms with E-state index < -0.39 is 0 Å². The van der Waals surface area contributed by atoms with Gasteiger partial charge in [-0.15, -0.1) is 0 Å². The van der Waals surface area contributed by atoms with E-state index in [1.165, 1.54) is 19.3 Å². The van der Waals surface area contributed by atoms with Gasteiger partial charge in [0.25, 0.3) is 0 Å². The topological polar surface area (TPSA) is 44.8 Å². The van der Waals surface area contributed by atoms with Crippen LogP contribution >= 0.6 is 0 Å². The molecule has 21 heavy (non-hydrogen) atoms. The summed E-state index contributed by atoms with van der Waals surface area (Å²) < 4.78 is 5.18. The molecule has 1 unspecified atom stereocenters. The molecular formula is C16H33N3O2. The summed E-state index contributed by atoms with van der Waals surface area (Å²) in [5.41, 5.74) is 0. The van der Waals surface area contributed by atoms with E-state index in [0.717, 1.165) is 32.6 Å². The van der Waals surface area contributed by atoms with E-state index in [9.17, 15) is 4.79 Å². The molecule has 0 spiro atoms. The highest BCUT2D eigenvalue weighted by atomic mass is 16.5. The third-order valence-corrected chi connectivity index (χ3v) is 3.85. The standard InChI is InChI=1S/C16H33N3O2/c1-5-19(12-7-11-18(3)4)13-10-15(16(20)21-6-2)17-14-8-9-14/h14-15,17H,5-13H2,1-4H3. The van der Waals surface area contributed by atoms with Crippen LogP contribution in [0.5, 0.6) is 0 Å². The lowest BCUT2D eigenvalue weighted by atomic mass is 10.2.